The fourth-order valence-corrected chi connectivity index (χ4v) is 5.35. The van der Waals surface area contributed by atoms with Crippen LogP contribution in [0.4, 0.5) is 0 Å². The van der Waals surface area contributed by atoms with E-state index in [-0.39, 0.29) is 24.0 Å². The van der Waals surface area contributed by atoms with Gasteiger partial charge in [0.05, 0.1) is 17.5 Å². The van der Waals surface area contributed by atoms with E-state index in [2.05, 4.69) is 9.82 Å². The van der Waals surface area contributed by atoms with Crippen molar-refractivity contribution >= 4 is 10.0 Å². The molecule has 0 bridgehead atoms. The Balaban J connectivity index is 1.49. The molecule has 0 saturated heterocycles. The first-order valence-corrected chi connectivity index (χ1v) is 11.3. The zero-order valence-electron chi connectivity index (χ0n) is 15.4. The van der Waals surface area contributed by atoms with Gasteiger partial charge in [0, 0.05) is 12.5 Å². The molecule has 2 fully saturated rings. The minimum Gasteiger partial charge on any atom is -0.247 e. The second-order valence-corrected chi connectivity index (χ2v) is 9.55. The molecule has 1 heterocycles. The minimum absolute atomic E-state index is 0.189. The Morgan fingerprint density at radius 2 is 1.74 bits per heavy atom. The van der Waals surface area contributed by atoms with Gasteiger partial charge in [0.1, 0.15) is 5.82 Å². The summed E-state index contributed by atoms with van der Waals surface area (Å²) in [5, 5.41) is 4.21. The van der Waals surface area contributed by atoms with Crippen LogP contribution >= 0.6 is 0 Å². The van der Waals surface area contributed by atoms with E-state index < -0.39 is 10.0 Å². The summed E-state index contributed by atoms with van der Waals surface area (Å²) in [4.78, 5) is 12.9. The Hall–Kier alpha value is -1.93. The zero-order chi connectivity index (χ0) is 18.9. The fraction of sp³-hybridized carbons (Fsp3) is 0.579. The minimum atomic E-state index is -3.33. The van der Waals surface area contributed by atoms with E-state index in [1.165, 1.54) is 4.68 Å². The Bertz CT molecular complexity index is 939. The predicted octanol–water partition coefficient (Wildman–Crippen LogP) is 2.16. The third kappa shape index (κ3) is 4.01. The van der Waals surface area contributed by atoms with Gasteiger partial charge in [-0.05, 0) is 37.8 Å². The molecule has 2 aromatic rings. The van der Waals surface area contributed by atoms with E-state index in [1.807, 2.05) is 30.3 Å². The molecule has 2 saturated carbocycles. The number of nitrogens with one attached hydrogen (secondary N) is 1. The van der Waals surface area contributed by atoms with Gasteiger partial charge in [-0.1, -0.05) is 37.5 Å². The second kappa shape index (κ2) is 7.59. The molecule has 146 valence electrons. The third-order valence-electron chi connectivity index (χ3n) is 5.44. The first-order chi connectivity index (χ1) is 13.1. The van der Waals surface area contributed by atoms with Crippen molar-refractivity contribution in [3.8, 4) is 5.69 Å². The van der Waals surface area contributed by atoms with Crippen molar-refractivity contribution in [1.82, 2.24) is 19.1 Å². The van der Waals surface area contributed by atoms with Crippen LogP contribution in [0.2, 0.25) is 0 Å². The number of hydrogen-bond donors (Lipinski definition) is 1. The lowest BCUT2D eigenvalue weighted by Crippen LogP contribution is -2.38. The Kier molecular flexibility index (Phi) is 5.19. The van der Waals surface area contributed by atoms with Crippen molar-refractivity contribution in [2.45, 2.75) is 62.7 Å². The molecule has 0 spiro atoms. The van der Waals surface area contributed by atoms with Crippen molar-refractivity contribution in [2.75, 3.05) is 6.54 Å². The van der Waals surface area contributed by atoms with Gasteiger partial charge in [-0.2, -0.15) is 5.10 Å². The molecule has 0 aliphatic heterocycles. The average molecular weight is 391 g/mol. The van der Waals surface area contributed by atoms with Crippen LogP contribution in [0.5, 0.6) is 0 Å². The summed E-state index contributed by atoms with van der Waals surface area (Å²) in [5.41, 5.74) is 0.596. The largest absolute Gasteiger partial charge is 0.350 e. The maximum Gasteiger partial charge on any atom is 0.350 e. The summed E-state index contributed by atoms with van der Waals surface area (Å²) in [6.45, 7) is 0.430. The average Bonchev–Trinajstić information content (AvgIpc) is 3.48. The molecule has 0 atom stereocenters. The van der Waals surface area contributed by atoms with Crippen LogP contribution in [0.15, 0.2) is 35.1 Å². The summed E-state index contributed by atoms with van der Waals surface area (Å²) in [6.07, 6.45) is 6.58. The van der Waals surface area contributed by atoms with Gasteiger partial charge in [-0.25, -0.2) is 27.2 Å². The third-order valence-corrected chi connectivity index (χ3v) is 7.39. The van der Waals surface area contributed by atoms with Gasteiger partial charge >= 0.3 is 5.69 Å². The molecule has 7 nitrogen and oxygen atoms in total. The molecule has 1 aromatic carbocycles. The van der Waals surface area contributed by atoms with Gasteiger partial charge in [0.25, 0.3) is 0 Å². The summed E-state index contributed by atoms with van der Waals surface area (Å²) in [7, 11) is -3.33. The molecular formula is C19H26N4O3S. The number of hydrogen-bond acceptors (Lipinski definition) is 4. The first kappa shape index (κ1) is 18.4. The summed E-state index contributed by atoms with van der Waals surface area (Å²) >= 11 is 0. The van der Waals surface area contributed by atoms with Crippen molar-refractivity contribution < 1.29 is 8.42 Å². The molecular weight excluding hydrogens is 364 g/mol. The molecule has 0 unspecified atom stereocenters. The van der Waals surface area contributed by atoms with E-state index >= 15 is 0 Å². The van der Waals surface area contributed by atoms with Gasteiger partial charge in [0.15, 0.2) is 0 Å². The van der Waals surface area contributed by atoms with Crippen LogP contribution in [-0.4, -0.2) is 34.6 Å². The molecule has 8 heteroatoms. The first-order valence-electron chi connectivity index (χ1n) is 9.80. The van der Waals surface area contributed by atoms with Gasteiger partial charge in [-0.15, -0.1) is 0 Å². The smallest absolute Gasteiger partial charge is 0.247 e. The quantitative estimate of drug-likeness (QED) is 0.785. The number of rotatable bonds is 7. The second-order valence-electron chi connectivity index (χ2n) is 7.51. The normalized spacial score (nSPS) is 18.7. The molecule has 1 aromatic heterocycles. The molecule has 1 N–H and O–H groups in total. The molecule has 0 radical (unpaired) electrons. The number of sulfonamides is 1. The van der Waals surface area contributed by atoms with Crippen LogP contribution in [0.3, 0.4) is 0 Å². The topological polar surface area (TPSA) is 86.0 Å². The van der Waals surface area contributed by atoms with Gasteiger partial charge in [-0.3, -0.25) is 0 Å². The van der Waals surface area contributed by atoms with E-state index in [0.29, 0.717) is 5.92 Å². The molecule has 27 heavy (non-hydrogen) atoms. The molecule has 2 aliphatic rings. The lowest BCUT2D eigenvalue weighted by atomic mass is 10.0. The van der Waals surface area contributed by atoms with Gasteiger partial charge < -0.3 is 0 Å². The highest BCUT2D eigenvalue weighted by Gasteiger charge is 2.31. The lowest BCUT2D eigenvalue weighted by molar-refractivity contribution is 0.474. The van der Waals surface area contributed by atoms with Crippen LogP contribution < -0.4 is 10.4 Å². The molecule has 0 amide bonds. The number of nitrogens with zero attached hydrogens (tertiary/aromatic N) is 3. The summed E-state index contributed by atoms with van der Waals surface area (Å²) in [6, 6.07) is 9.49. The van der Waals surface area contributed by atoms with Crippen LogP contribution in [0.1, 0.15) is 56.7 Å². The predicted molar refractivity (Wildman–Crippen MR) is 104 cm³/mol. The molecule has 2 aliphatic carbocycles. The van der Waals surface area contributed by atoms with E-state index in [1.54, 1.807) is 4.57 Å². The standard InChI is InChI=1S/C19H26N4O3S/c24-19-22(14-13-20-27(25,26)17-9-5-2-6-10-17)21-18(15-11-12-15)23(19)16-7-3-1-4-8-16/h1,3-4,7-8,15,17,20H,2,5-6,9-14H2. The Morgan fingerprint density at radius 3 is 2.41 bits per heavy atom. The van der Waals surface area contributed by atoms with Gasteiger partial charge in [0.2, 0.25) is 10.0 Å². The SMILES string of the molecule is O=c1n(CCNS(=O)(=O)C2CCCCC2)nc(C2CC2)n1-c1ccccc1. The van der Waals surface area contributed by atoms with Crippen molar-refractivity contribution in [1.29, 1.82) is 0 Å². The molecule has 4 rings (SSSR count). The van der Waals surface area contributed by atoms with E-state index in [9.17, 15) is 13.2 Å². The van der Waals surface area contributed by atoms with Crippen molar-refractivity contribution in [2.24, 2.45) is 0 Å². The van der Waals surface area contributed by atoms with E-state index in [4.69, 9.17) is 0 Å². The van der Waals surface area contributed by atoms with Crippen LogP contribution in [0.25, 0.3) is 5.69 Å². The zero-order valence-corrected chi connectivity index (χ0v) is 16.2. The summed E-state index contributed by atoms with van der Waals surface area (Å²) in [5.74, 6) is 1.10. The van der Waals surface area contributed by atoms with Crippen molar-refractivity contribution in [3.63, 3.8) is 0 Å². The monoisotopic (exact) mass is 390 g/mol. The highest BCUT2D eigenvalue weighted by Crippen LogP contribution is 2.39. The maximum atomic E-state index is 12.9. The Labute approximate surface area is 159 Å². The highest BCUT2D eigenvalue weighted by atomic mass is 32.2. The highest BCUT2D eigenvalue weighted by molar-refractivity contribution is 7.90. The van der Waals surface area contributed by atoms with E-state index in [0.717, 1.165) is 56.5 Å². The van der Waals surface area contributed by atoms with Crippen LogP contribution in [-0.2, 0) is 16.6 Å². The van der Waals surface area contributed by atoms with Crippen molar-refractivity contribution in [3.05, 3.63) is 46.6 Å². The fourth-order valence-electron chi connectivity index (χ4n) is 3.78. The number of aromatic nitrogens is 3. The number of para-hydroxylation sites is 1. The lowest BCUT2D eigenvalue weighted by Gasteiger charge is -2.21. The summed E-state index contributed by atoms with van der Waals surface area (Å²) < 4.78 is 30.6. The van der Waals surface area contributed by atoms with Crippen LogP contribution in [0, 0.1) is 0 Å². The maximum absolute atomic E-state index is 12.9. The number of benzene rings is 1. The Morgan fingerprint density at radius 1 is 1.04 bits per heavy atom.